The van der Waals surface area contributed by atoms with Crippen LogP contribution in [0.5, 0.6) is 0 Å². The third-order valence-electron chi connectivity index (χ3n) is 2.73. The SMILES string of the molecule is C=CC(=O)N(Cc1cc(CC)no1)Cc1sncc1Br. The van der Waals surface area contributed by atoms with Crippen molar-refractivity contribution in [2.45, 2.75) is 26.4 Å². The minimum absolute atomic E-state index is 0.153. The Morgan fingerprint density at radius 2 is 2.40 bits per heavy atom. The first-order valence-corrected chi connectivity index (χ1v) is 7.65. The van der Waals surface area contributed by atoms with Gasteiger partial charge in [-0.2, -0.15) is 4.37 Å². The van der Waals surface area contributed by atoms with E-state index in [1.807, 2.05) is 13.0 Å². The molecule has 0 saturated carbocycles. The molecule has 106 valence electrons. The molecule has 0 atom stereocenters. The monoisotopic (exact) mass is 355 g/mol. The molecule has 0 aliphatic heterocycles. The molecule has 0 N–H and O–H groups in total. The Hall–Kier alpha value is -1.47. The molecule has 0 saturated heterocycles. The van der Waals surface area contributed by atoms with Crippen LogP contribution in [0.3, 0.4) is 0 Å². The quantitative estimate of drug-likeness (QED) is 0.746. The number of halogens is 1. The van der Waals surface area contributed by atoms with Gasteiger partial charge in [0.05, 0.1) is 34.3 Å². The van der Waals surface area contributed by atoms with Crippen LogP contribution in [0, 0.1) is 0 Å². The molecular formula is C13H14BrN3O2S. The van der Waals surface area contributed by atoms with Crippen LogP contribution in [0.4, 0.5) is 0 Å². The highest BCUT2D eigenvalue weighted by Gasteiger charge is 2.17. The second kappa shape index (κ2) is 6.81. The molecule has 0 spiro atoms. The molecule has 0 aromatic carbocycles. The second-order valence-electron chi connectivity index (χ2n) is 4.13. The van der Waals surface area contributed by atoms with Gasteiger partial charge in [0.15, 0.2) is 5.76 Å². The first-order valence-electron chi connectivity index (χ1n) is 6.09. The summed E-state index contributed by atoms with van der Waals surface area (Å²) in [6.45, 7) is 6.36. The number of hydrogen-bond donors (Lipinski definition) is 0. The molecule has 2 heterocycles. The molecule has 0 bridgehead atoms. The van der Waals surface area contributed by atoms with E-state index in [0.717, 1.165) is 21.5 Å². The number of carbonyl (C=O) groups excluding carboxylic acids is 1. The average Bonchev–Trinajstić information content (AvgIpc) is 3.07. The van der Waals surface area contributed by atoms with Gasteiger partial charge in [0.1, 0.15) is 0 Å². The van der Waals surface area contributed by atoms with Crippen molar-refractivity contribution >= 4 is 33.4 Å². The Labute approximate surface area is 129 Å². The van der Waals surface area contributed by atoms with Gasteiger partial charge in [-0.25, -0.2) is 0 Å². The lowest BCUT2D eigenvalue weighted by Crippen LogP contribution is -2.27. The van der Waals surface area contributed by atoms with E-state index in [1.165, 1.54) is 17.6 Å². The Morgan fingerprint density at radius 1 is 1.60 bits per heavy atom. The first-order chi connectivity index (χ1) is 9.63. The molecule has 0 aliphatic rings. The molecule has 5 nitrogen and oxygen atoms in total. The van der Waals surface area contributed by atoms with Crippen molar-refractivity contribution in [1.82, 2.24) is 14.4 Å². The minimum Gasteiger partial charge on any atom is -0.359 e. The van der Waals surface area contributed by atoms with Gasteiger partial charge in [-0.05, 0) is 40.0 Å². The van der Waals surface area contributed by atoms with Gasteiger partial charge in [0.2, 0.25) is 5.91 Å². The van der Waals surface area contributed by atoms with Gasteiger partial charge in [-0.3, -0.25) is 4.79 Å². The number of aryl methyl sites for hydroxylation is 1. The van der Waals surface area contributed by atoms with Crippen molar-refractivity contribution in [3.8, 4) is 0 Å². The van der Waals surface area contributed by atoms with Crippen molar-refractivity contribution < 1.29 is 9.32 Å². The molecule has 2 rings (SSSR count). The summed E-state index contributed by atoms with van der Waals surface area (Å²) in [7, 11) is 0. The van der Waals surface area contributed by atoms with Crippen LogP contribution in [0.25, 0.3) is 0 Å². The van der Waals surface area contributed by atoms with E-state index in [2.05, 4.69) is 32.0 Å². The van der Waals surface area contributed by atoms with Gasteiger partial charge in [-0.15, -0.1) is 0 Å². The van der Waals surface area contributed by atoms with Crippen molar-refractivity contribution in [1.29, 1.82) is 0 Å². The predicted octanol–water partition coefficient (Wildman–Crippen LogP) is 3.17. The largest absolute Gasteiger partial charge is 0.359 e. The molecule has 0 aliphatic carbocycles. The van der Waals surface area contributed by atoms with Crippen molar-refractivity contribution in [2.75, 3.05) is 0 Å². The summed E-state index contributed by atoms with van der Waals surface area (Å²) >= 11 is 4.77. The van der Waals surface area contributed by atoms with Crippen LogP contribution < -0.4 is 0 Å². The summed E-state index contributed by atoms with van der Waals surface area (Å²) < 4.78 is 10.2. The summed E-state index contributed by atoms with van der Waals surface area (Å²) in [5, 5.41) is 3.93. The van der Waals surface area contributed by atoms with E-state index >= 15 is 0 Å². The van der Waals surface area contributed by atoms with Crippen LogP contribution in [0.1, 0.15) is 23.3 Å². The fourth-order valence-electron chi connectivity index (χ4n) is 1.66. The van der Waals surface area contributed by atoms with Gasteiger partial charge < -0.3 is 9.42 Å². The highest BCUT2D eigenvalue weighted by molar-refractivity contribution is 9.10. The molecule has 0 unspecified atom stereocenters. The van der Waals surface area contributed by atoms with Gasteiger partial charge in [-0.1, -0.05) is 18.7 Å². The molecule has 2 aromatic heterocycles. The zero-order valence-electron chi connectivity index (χ0n) is 11.0. The fourth-order valence-corrected chi connectivity index (χ4v) is 2.87. The van der Waals surface area contributed by atoms with E-state index in [4.69, 9.17) is 4.52 Å². The number of nitrogens with zero attached hydrogens (tertiary/aromatic N) is 3. The summed E-state index contributed by atoms with van der Waals surface area (Å²) in [6, 6.07) is 1.87. The van der Waals surface area contributed by atoms with Gasteiger partial charge >= 0.3 is 0 Å². The summed E-state index contributed by atoms with van der Waals surface area (Å²) in [5.74, 6) is 0.512. The van der Waals surface area contributed by atoms with E-state index in [0.29, 0.717) is 18.8 Å². The van der Waals surface area contributed by atoms with E-state index in [9.17, 15) is 4.79 Å². The fraction of sp³-hybridized carbons (Fsp3) is 0.308. The van der Waals surface area contributed by atoms with Crippen molar-refractivity contribution in [3.05, 3.63) is 45.7 Å². The highest BCUT2D eigenvalue weighted by atomic mass is 79.9. The normalized spacial score (nSPS) is 10.5. The summed E-state index contributed by atoms with van der Waals surface area (Å²) in [6.07, 6.45) is 3.82. The Kier molecular flexibility index (Phi) is 5.08. The highest BCUT2D eigenvalue weighted by Crippen LogP contribution is 2.22. The van der Waals surface area contributed by atoms with Gasteiger partial charge in [0, 0.05) is 6.07 Å². The van der Waals surface area contributed by atoms with Crippen LogP contribution in [0.2, 0.25) is 0 Å². The molecule has 1 amide bonds. The van der Waals surface area contributed by atoms with Crippen LogP contribution in [-0.2, 0) is 24.3 Å². The lowest BCUT2D eigenvalue weighted by Gasteiger charge is -2.18. The third kappa shape index (κ3) is 3.55. The van der Waals surface area contributed by atoms with Crippen molar-refractivity contribution in [3.63, 3.8) is 0 Å². The molecule has 2 aromatic rings. The third-order valence-corrected chi connectivity index (χ3v) is 4.46. The minimum atomic E-state index is -0.153. The predicted molar refractivity (Wildman–Crippen MR) is 80.1 cm³/mol. The Morgan fingerprint density at radius 3 is 2.95 bits per heavy atom. The van der Waals surface area contributed by atoms with Crippen molar-refractivity contribution in [2.24, 2.45) is 0 Å². The number of amides is 1. The Bertz CT molecular complexity index is 608. The maximum atomic E-state index is 11.9. The lowest BCUT2D eigenvalue weighted by atomic mass is 10.3. The molecule has 7 heteroatoms. The zero-order chi connectivity index (χ0) is 14.5. The maximum Gasteiger partial charge on any atom is 0.246 e. The first kappa shape index (κ1) is 14.9. The van der Waals surface area contributed by atoms with E-state index in [-0.39, 0.29) is 5.91 Å². The Balaban J connectivity index is 2.13. The molecular weight excluding hydrogens is 342 g/mol. The van der Waals surface area contributed by atoms with Gasteiger partial charge in [0.25, 0.3) is 0 Å². The van der Waals surface area contributed by atoms with Crippen LogP contribution in [-0.4, -0.2) is 20.3 Å². The average molecular weight is 356 g/mol. The van der Waals surface area contributed by atoms with Crippen LogP contribution >= 0.6 is 27.5 Å². The molecule has 0 fully saturated rings. The second-order valence-corrected chi connectivity index (χ2v) is 5.87. The number of aromatic nitrogens is 2. The molecule has 20 heavy (non-hydrogen) atoms. The topological polar surface area (TPSA) is 59.2 Å². The maximum absolute atomic E-state index is 11.9. The molecule has 0 radical (unpaired) electrons. The van der Waals surface area contributed by atoms with E-state index < -0.39 is 0 Å². The lowest BCUT2D eigenvalue weighted by molar-refractivity contribution is -0.127. The summed E-state index contributed by atoms with van der Waals surface area (Å²) in [4.78, 5) is 14.6. The number of carbonyl (C=O) groups is 1. The number of hydrogen-bond acceptors (Lipinski definition) is 5. The number of rotatable bonds is 6. The zero-order valence-corrected chi connectivity index (χ0v) is 13.4. The van der Waals surface area contributed by atoms with E-state index in [1.54, 1.807) is 11.1 Å². The smallest absolute Gasteiger partial charge is 0.246 e. The standard InChI is InChI=1S/C13H14BrN3O2S/c1-3-9-5-10(19-16-9)7-17(13(18)4-2)8-12-11(14)6-15-20-12/h4-6H,2-3,7-8H2,1H3. The summed E-state index contributed by atoms with van der Waals surface area (Å²) in [5.41, 5.74) is 0.880. The van der Waals surface area contributed by atoms with Crippen LogP contribution in [0.15, 0.2) is 33.9 Å².